The van der Waals surface area contributed by atoms with E-state index >= 15 is 0 Å². The molecule has 2 heterocycles. The highest BCUT2D eigenvalue weighted by molar-refractivity contribution is 7.22. The number of ketones is 1. The van der Waals surface area contributed by atoms with Crippen LogP contribution in [0.1, 0.15) is 35.2 Å². The van der Waals surface area contributed by atoms with Crippen LogP contribution in [0.3, 0.4) is 0 Å². The number of Topliss-reactive ketones (excluding diaryl/α,β-unsaturated/α-hetero) is 1. The third-order valence-corrected chi connectivity index (χ3v) is 7.37. The van der Waals surface area contributed by atoms with Crippen molar-refractivity contribution in [2.75, 3.05) is 11.5 Å². The van der Waals surface area contributed by atoms with E-state index in [1.807, 2.05) is 26.0 Å². The first-order valence-corrected chi connectivity index (χ1v) is 12.7. The van der Waals surface area contributed by atoms with Crippen molar-refractivity contribution in [3.05, 3.63) is 98.6 Å². The zero-order valence-corrected chi connectivity index (χ0v) is 21.6. The molecule has 1 N–H and O–H groups in total. The fourth-order valence-electron chi connectivity index (χ4n) is 4.54. The zero-order valence-electron chi connectivity index (χ0n) is 20.8. The number of thiazole rings is 1. The SMILES string of the molecule is CCOc1ccc2nc(N3C(=O)C(=O)C(=C(O)c4cc(C)ccc4C)C3c3cccc([N+](=O)[O-])c3)sc2c1. The van der Waals surface area contributed by atoms with Gasteiger partial charge in [0.05, 0.1) is 33.4 Å². The molecule has 1 aliphatic heterocycles. The molecular weight excluding hydrogens is 506 g/mol. The van der Waals surface area contributed by atoms with E-state index in [2.05, 4.69) is 4.98 Å². The number of hydrogen-bond acceptors (Lipinski definition) is 8. The third-order valence-electron chi connectivity index (χ3n) is 6.36. The molecule has 0 bridgehead atoms. The number of carbonyl (C=O) groups is 2. The van der Waals surface area contributed by atoms with Gasteiger partial charge < -0.3 is 9.84 Å². The average Bonchev–Trinajstić information content (AvgIpc) is 3.43. The van der Waals surface area contributed by atoms with Gasteiger partial charge in [0.2, 0.25) is 0 Å². The normalized spacial score (nSPS) is 16.8. The van der Waals surface area contributed by atoms with Gasteiger partial charge in [0.15, 0.2) is 5.13 Å². The first-order valence-electron chi connectivity index (χ1n) is 11.9. The summed E-state index contributed by atoms with van der Waals surface area (Å²) in [6.45, 7) is 5.99. The van der Waals surface area contributed by atoms with Gasteiger partial charge in [-0.05, 0) is 56.2 Å². The molecule has 1 unspecified atom stereocenters. The molecule has 1 amide bonds. The summed E-state index contributed by atoms with van der Waals surface area (Å²) in [5, 5.41) is 23.2. The number of benzene rings is 3. The highest BCUT2D eigenvalue weighted by Crippen LogP contribution is 2.45. The predicted octanol–water partition coefficient (Wildman–Crippen LogP) is 5.85. The van der Waals surface area contributed by atoms with E-state index in [1.54, 1.807) is 37.3 Å². The zero-order chi connectivity index (χ0) is 27.1. The smallest absolute Gasteiger partial charge is 0.301 e. The molecule has 4 aromatic rings. The number of aliphatic hydroxyl groups excluding tert-OH is 1. The second-order valence-corrected chi connectivity index (χ2v) is 9.91. The Morgan fingerprint density at radius 3 is 2.66 bits per heavy atom. The van der Waals surface area contributed by atoms with Crippen LogP contribution in [0.15, 0.2) is 66.2 Å². The Bertz CT molecular complexity index is 1660. The minimum Gasteiger partial charge on any atom is -0.507 e. The van der Waals surface area contributed by atoms with Crippen LogP contribution in [0.25, 0.3) is 16.0 Å². The molecule has 38 heavy (non-hydrogen) atoms. The summed E-state index contributed by atoms with van der Waals surface area (Å²) in [5.74, 6) is -1.47. The van der Waals surface area contributed by atoms with Gasteiger partial charge in [-0.3, -0.25) is 24.6 Å². The van der Waals surface area contributed by atoms with Gasteiger partial charge in [-0.2, -0.15) is 0 Å². The molecule has 3 aromatic carbocycles. The molecule has 1 saturated heterocycles. The summed E-state index contributed by atoms with van der Waals surface area (Å²) in [7, 11) is 0. The summed E-state index contributed by atoms with van der Waals surface area (Å²) in [6, 6.07) is 15.3. The molecule has 0 radical (unpaired) electrons. The van der Waals surface area contributed by atoms with Gasteiger partial charge in [0.1, 0.15) is 11.5 Å². The number of carbonyl (C=O) groups excluding carboxylic acids is 2. The van der Waals surface area contributed by atoms with Gasteiger partial charge in [0.25, 0.3) is 11.5 Å². The first-order chi connectivity index (χ1) is 18.2. The number of aryl methyl sites for hydroxylation is 2. The summed E-state index contributed by atoms with van der Waals surface area (Å²) in [4.78, 5) is 43.8. The van der Waals surface area contributed by atoms with Crippen molar-refractivity contribution < 1.29 is 24.4 Å². The van der Waals surface area contributed by atoms with Crippen molar-refractivity contribution in [1.29, 1.82) is 0 Å². The largest absolute Gasteiger partial charge is 0.507 e. The lowest BCUT2D eigenvalue weighted by Crippen LogP contribution is -2.29. The van der Waals surface area contributed by atoms with Crippen LogP contribution in [0, 0.1) is 24.0 Å². The second-order valence-electron chi connectivity index (χ2n) is 8.90. The molecular formula is C28H23N3O6S. The second kappa shape index (κ2) is 9.71. The Morgan fingerprint density at radius 1 is 1.13 bits per heavy atom. The molecule has 1 atom stereocenters. The number of rotatable bonds is 6. The van der Waals surface area contributed by atoms with Gasteiger partial charge in [0, 0.05) is 17.7 Å². The molecule has 0 spiro atoms. The van der Waals surface area contributed by atoms with Gasteiger partial charge in [-0.15, -0.1) is 0 Å². The Balaban J connectivity index is 1.74. The molecule has 1 aliphatic rings. The van der Waals surface area contributed by atoms with Crippen LogP contribution in [-0.4, -0.2) is 33.3 Å². The van der Waals surface area contributed by atoms with Gasteiger partial charge in [-0.25, -0.2) is 4.98 Å². The molecule has 9 nitrogen and oxygen atoms in total. The number of aromatic nitrogens is 1. The van der Waals surface area contributed by atoms with E-state index in [0.717, 1.165) is 10.3 Å². The van der Waals surface area contributed by atoms with Crippen molar-refractivity contribution in [2.45, 2.75) is 26.8 Å². The number of aliphatic hydroxyl groups is 1. The fraction of sp³-hybridized carbons (Fsp3) is 0.179. The molecule has 0 aliphatic carbocycles. The highest BCUT2D eigenvalue weighted by Gasteiger charge is 2.48. The Kier molecular flexibility index (Phi) is 6.41. The molecule has 10 heteroatoms. The quantitative estimate of drug-likeness (QED) is 0.109. The van der Waals surface area contributed by atoms with Crippen LogP contribution in [0.4, 0.5) is 10.8 Å². The van der Waals surface area contributed by atoms with Gasteiger partial charge in [-0.1, -0.05) is 41.2 Å². The molecule has 0 saturated carbocycles. The lowest BCUT2D eigenvalue weighted by atomic mass is 9.93. The highest BCUT2D eigenvalue weighted by atomic mass is 32.1. The minimum atomic E-state index is -1.12. The number of ether oxygens (including phenoxy) is 1. The van der Waals surface area contributed by atoms with Crippen molar-refractivity contribution in [1.82, 2.24) is 4.98 Å². The number of fused-ring (bicyclic) bond motifs is 1. The van der Waals surface area contributed by atoms with Crippen molar-refractivity contribution in [3.8, 4) is 5.75 Å². The number of anilines is 1. The summed E-state index contributed by atoms with van der Waals surface area (Å²) >= 11 is 1.19. The van der Waals surface area contributed by atoms with E-state index in [1.165, 1.54) is 34.4 Å². The van der Waals surface area contributed by atoms with E-state index in [9.17, 15) is 24.8 Å². The number of nitro groups is 1. The number of nitrogens with zero attached hydrogens (tertiary/aromatic N) is 3. The van der Waals surface area contributed by atoms with E-state index < -0.39 is 22.7 Å². The van der Waals surface area contributed by atoms with Crippen LogP contribution >= 0.6 is 11.3 Å². The topological polar surface area (TPSA) is 123 Å². The Labute approximate surface area is 221 Å². The fourth-order valence-corrected chi connectivity index (χ4v) is 5.56. The maximum absolute atomic E-state index is 13.5. The molecule has 1 fully saturated rings. The van der Waals surface area contributed by atoms with Crippen LogP contribution in [0.5, 0.6) is 5.75 Å². The first kappa shape index (κ1) is 25.1. The third kappa shape index (κ3) is 4.28. The maximum atomic E-state index is 13.5. The lowest BCUT2D eigenvalue weighted by molar-refractivity contribution is -0.384. The number of non-ortho nitro benzene ring substituents is 1. The van der Waals surface area contributed by atoms with Crippen LogP contribution in [0.2, 0.25) is 0 Å². The number of nitro benzene ring substituents is 1. The van der Waals surface area contributed by atoms with E-state index in [0.29, 0.717) is 34.6 Å². The average molecular weight is 530 g/mol. The standard InChI is InChI=1S/C28H23N3O6S/c1-4-37-19-10-11-21-22(14-19)38-28(29-21)30-24(17-6-5-7-18(13-17)31(35)36)23(26(33)27(30)34)25(32)20-12-15(2)8-9-16(20)3/h5-14,24,32H,4H2,1-3H3. The summed E-state index contributed by atoms with van der Waals surface area (Å²) in [5.41, 5.74) is 2.52. The summed E-state index contributed by atoms with van der Waals surface area (Å²) in [6.07, 6.45) is 0. The van der Waals surface area contributed by atoms with E-state index in [4.69, 9.17) is 4.74 Å². The molecule has 1 aromatic heterocycles. The molecule has 192 valence electrons. The van der Waals surface area contributed by atoms with Crippen molar-refractivity contribution >= 4 is 49.8 Å². The van der Waals surface area contributed by atoms with Gasteiger partial charge >= 0.3 is 5.91 Å². The number of hydrogen-bond donors (Lipinski definition) is 1. The Morgan fingerprint density at radius 2 is 1.92 bits per heavy atom. The Hall–Kier alpha value is -4.57. The maximum Gasteiger partial charge on any atom is 0.301 e. The lowest BCUT2D eigenvalue weighted by Gasteiger charge is -2.23. The summed E-state index contributed by atoms with van der Waals surface area (Å²) < 4.78 is 6.31. The van der Waals surface area contributed by atoms with Crippen LogP contribution < -0.4 is 9.64 Å². The van der Waals surface area contributed by atoms with Crippen LogP contribution in [-0.2, 0) is 9.59 Å². The number of amides is 1. The van der Waals surface area contributed by atoms with Crippen molar-refractivity contribution in [2.24, 2.45) is 0 Å². The molecule has 5 rings (SSSR count). The minimum absolute atomic E-state index is 0.154. The monoisotopic (exact) mass is 529 g/mol. The predicted molar refractivity (Wildman–Crippen MR) is 145 cm³/mol. The van der Waals surface area contributed by atoms with E-state index in [-0.39, 0.29) is 22.2 Å². The van der Waals surface area contributed by atoms with Crippen molar-refractivity contribution in [3.63, 3.8) is 0 Å².